The highest BCUT2D eigenvalue weighted by Crippen LogP contribution is 2.33. The van der Waals surface area contributed by atoms with Gasteiger partial charge in [0.1, 0.15) is 5.75 Å². The summed E-state index contributed by atoms with van der Waals surface area (Å²) in [6.07, 6.45) is 1.49. The fourth-order valence-corrected chi connectivity index (χ4v) is 3.32. The summed E-state index contributed by atoms with van der Waals surface area (Å²) in [5, 5.41) is 5.63. The molecule has 152 valence electrons. The normalized spacial score (nSPS) is 14.4. The van der Waals surface area contributed by atoms with Crippen LogP contribution in [0.15, 0.2) is 48.5 Å². The number of benzene rings is 2. The monoisotopic (exact) mass is 395 g/mol. The van der Waals surface area contributed by atoms with Gasteiger partial charge in [0, 0.05) is 42.7 Å². The predicted octanol–water partition coefficient (Wildman–Crippen LogP) is 2.97. The van der Waals surface area contributed by atoms with Crippen molar-refractivity contribution in [3.63, 3.8) is 0 Å². The maximum Gasteiger partial charge on any atom is 0.251 e. The number of methoxy groups -OCH3 is 1. The second-order valence-corrected chi connectivity index (χ2v) is 7.03. The summed E-state index contributed by atoms with van der Waals surface area (Å²) in [6.45, 7) is 2.45. The highest BCUT2D eigenvalue weighted by atomic mass is 16.5. The minimum Gasteiger partial charge on any atom is -0.494 e. The van der Waals surface area contributed by atoms with Gasteiger partial charge in [0.05, 0.1) is 12.8 Å². The molecule has 1 saturated heterocycles. The van der Waals surface area contributed by atoms with Crippen LogP contribution in [0.2, 0.25) is 0 Å². The Morgan fingerprint density at radius 1 is 1.17 bits per heavy atom. The lowest BCUT2D eigenvalue weighted by Crippen LogP contribution is -2.35. The first-order chi connectivity index (χ1) is 14.0. The number of rotatable bonds is 7. The zero-order valence-corrected chi connectivity index (χ0v) is 16.6. The molecule has 0 aliphatic carbocycles. The predicted molar refractivity (Wildman–Crippen MR) is 111 cm³/mol. The van der Waals surface area contributed by atoms with E-state index >= 15 is 0 Å². The van der Waals surface area contributed by atoms with Crippen molar-refractivity contribution in [1.82, 2.24) is 5.32 Å². The molecule has 1 aliphatic rings. The van der Waals surface area contributed by atoms with Crippen molar-refractivity contribution in [2.75, 3.05) is 23.9 Å². The third kappa shape index (κ3) is 5.13. The van der Waals surface area contributed by atoms with Gasteiger partial charge in [-0.3, -0.25) is 14.4 Å². The Morgan fingerprint density at radius 3 is 2.59 bits per heavy atom. The molecule has 1 atom stereocenters. The lowest BCUT2D eigenvalue weighted by Gasteiger charge is -2.20. The third-order valence-corrected chi connectivity index (χ3v) is 4.73. The number of nitrogens with one attached hydrogen (secondary N) is 2. The molecule has 0 saturated carbocycles. The lowest BCUT2D eigenvalue weighted by atomic mass is 10.1. The Balaban J connectivity index is 1.58. The highest BCUT2D eigenvalue weighted by Gasteiger charge is 2.24. The second kappa shape index (κ2) is 9.23. The van der Waals surface area contributed by atoms with E-state index in [1.807, 2.05) is 6.07 Å². The zero-order chi connectivity index (χ0) is 20.8. The van der Waals surface area contributed by atoms with Gasteiger partial charge in [-0.15, -0.1) is 0 Å². The number of anilines is 2. The number of amides is 3. The van der Waals surface area contributed by atoms with Crippen LogP contribution >= 0.6 is 0 Å². The number of ether oxygens (including phenoxy) is 1. The van der Waals surface area contributed by atoms with E-state index in [0.717, 1.165) is 6.42 Å². The summed E-state index contributed by atoms with van der Waals surface area (Å²) in [4.78, 5) is 38.2. The van der Waals surface area contributed by atoms with E-state index in [1.54, 1.807) is 54.3 Å². The topological polar surface area (TPSA) is 87.7 Å². The van der Waals surface area contributed by atoms with E-state index < -0.39 is 0 Å². The first-order valence-electron chi connectivity index (χ1n) is 9.62. The van der Waals surface area contributed by atoms with E-state index in [4.69, 9.17) is 4.74 Å². The number of carbonyl (C=O) groups excluding carboxylic acids is 3. The molecular formula is C22H25N3O4. The van der Waals surface area contributed by atoms with Gasteiger partial charge in [0.25, 0.3) is 5.91 Å². The van der Waals surface area contributed by atoms with Gasteiger partial charge in [0.15, 0.2) is 0 Å². The summed E-state index contributed by atoms with van der Waals surface area (Å²) in [5.41, 5.74) is 1.83. The van der Waals surface area contributed by atoms with E-state index in [-0.39, 0.29) is 30.2 Å². The van der Waals surface area contributed by atoms with Crippen molar-refractivity contribution in [3.8, 4) is 5.75 Å². The van der Waals surface area contributed by atoms with Crippen LogP contribution in [0.3, 0.4) is 0 Å². The SMILES string of the molecule is COc1cc(NC(=O)CC(C)NC(=O)c2ccccc2)ccc1N1CCCC1=O. The van der Waals surface area contributed by atoms with Gasteiger partial charge in [-0.25, -0.2) is 0 Å². The number of hydrogen-bond donors (Lipinski definition) is 2. The van der Waals surface area contributed by atoms with E-state index in [9.17, 15) is 14.4 Å². The molecule has 2 aromatic carbocycles. The molecule has 2 aromatic rings. The van der Waals surface area contributed by atoms with Gasteiger partial charge in [-0.05, 0) is 37.6 Å². The van der Waals surface area contributed by atoms with Crippen LogP contribution in [0.4, 0.5) is 11.4 Å². The molecule has 7 heteroatoms. The smallest absolute Gasteiger partial charge is 0.251 e. The molecule has 29 heavy (non-hydrogen) atoms. The molecule has 1 fully saturated rings. The van der Waals surface area contributed by atoms with Crippen LogP contribution in [-0.4, -0.2) is 37.4 Å². The molecule has 0 spiro atoms. The first-order valence-corrected chi connectivity index (χ1v) is 9.62. The fourth-order valence-electron chi connectivity index (χ4n) is 3.32. The van der Waals surface area contributed by atoms with E-state index in [1.165, 1.54) is 7.11 Å². The molecule has 1 unspecified atom stereocenters. The van der Waals surface area contributed by atoms with Gasteiger partial charge >= 0.3 is 0 Å². The van der Waals surface area contributed by atoms with Crippen molar-refractivity contribution < 1.29 is 19.1 Å². The summed E-state index contributed by atoms with van der Waals surface area (Å²) < 4.78 is 5.41. The van der Waals surface area contributed by atoms with Crippen LogP contribution in [0.1, 0.15) is 36.5 Å². The summed E-state index contributed by atoms with van der Waals surface area (Å²) in [5.74, 6) is 0.164. The lowest BCUT2D eigenvalue weighted by molar-refractivity contribution is -0.117. The molecule has 0 bridgehead atoms. The van der Waals surface area contributed by atoms with Crippen molar-refractivity contribution in [2.45, 2.75) is 32.2 Å². The maximum absolute atomic E-state index is 12.4. The molecule has 0 aromatic heterocycles. The van der Waals surface area contributed by atoms with E-state index in [2.05, 4.69) is 10.6 Å². The van der Waals surface area contributed by atoms with Crippen LogP contribution in [0, 0.1) is 0 Å². The molecule has 1 heterocycles. The van der Waals surface area contributed by atoms with Gasteiger partial charge < -0.3 is 20.3 Å². The fraction of sp³-hybridized carbons (Fsp3) is 0.318. The van der Waals surface area contributed by atoms with Crippen molar-refractivity contribution in [2.24, 2.45) is 0 Å². The van der Waals surface area contributed by atoms with Crippen LogP contribution in [-0.2, 0) is 9.59 Å². The number of nitrogens with zero attached hydrogens (tertiary/aromatic N) is 1. The van der Waals surface area contributed by atoms with Crippen LogP contribution in [0.25, 0.3) is 0 Å². The molecule has 1 aliphatic heterocycles. The minimum absolute atomic E-state index is 0.0723. The average molecular weight is 395 g/mol. The maximum atomic E-state index is 12.4. The summed E-state index contributed by atoms with van der Waals surface area (Å²) in [6, 6.07) is 13.8. The van der Waals surface area contributed by atoms with Gasteiger partial charge in [0.2, 0.25) is 11.8 Å². The molecule has 7 nitrogen and oxygen atoms in total. The van der Waals surface area contributed by atoms with Crippen molar-refractivity contribution in [1.29, 1.82) is 0 Å². The zero-order valence-electron chi connectivity index (χ0n) is 16.6. The summed E-state index contributed by atoms with van der Waals surface area (Å²) >= 11 is 0. The Bertz CT molecular complexity index is 898. The Morgan fingerprint density at radius 2 is 1.93 bits per heavy atom. The molecule has 3 amide bonds. The van der Waals surface area contributed by atoms with Gasteiger partial charge in [-0.2, -0.15) is 0 Å². The number of hydrogen-bond acceptors (Lipinski definition) is 4. The highest BCUT2D eigenvalue weighted by molar-refractivity contribution is 5.98. The largest absolute Gasteiger partial charge is 0.494 e. The Hall–Kier alpha value is -3.35. The standard InChI is InChI=1S/C22H25N3O4/c1-15(23-22(28)16-7-4-3-5-8-16)13-20(26)24-17-10-11-18(19(14-17)29-2)25-12-6-9-21(25)27/h3-5,7-8,10-11,14-15H,6,9,12-13H2,1-2H3,(H,23,28)(H,24,26). The minimum atomic E-state index is -0.328. The number of carbonyl (C=O) groups is 3. The third-order valence-electron chi connectivity index (χ3n) is 4.73. The first kappa shape index (κ1) is 20.4. The van der Waals surface area contributed by atoms with Crippen molar-refractivity contribution >= 4 is 29.1 Å². The summed E-state index contributed by atoms with van der Waals surface area (Å²) in [7, 11) is 1.53. The van der Waals surface area contributed by atoms with Crippen molar-refractivity contribution in [3.05, 3.63) is 54.1 Å². The Labute approximate surface area is 170 Å². The average Bonchev–Trinajstić information content (AvgIpc) is 3.14. The van der Waals surface area contributed by atoms with E-state index in [0.29, 0.717) is 35.7 Å². The van der Waals surface area contributed by atoms with Gasteiger partial charge in [-0.1, -0.05) is 18.2 Å². The quantitative estimate of drug-likeness (QED) is 0.755. The Kier molecular flexibility index (Phi) is 6.49. The van der Waals surface area contributed by atoms with Crippen LogP contribution in [0.5, 0.6) is 5.75 Å². The molecule has 0 radical (unpaired) electrons. The second-order valence-electron chi connectivity index (χ2n) is 7.03. The molecular weight excluding hydrogens is 370 g/mol. The molecule has 2 N–H and O–H groups in total. The molecule has 3 rings (SSSR count). The van der Waals surface area contributed by atoms with Crippen LogP contribution < -0.4 is 20.3 Å².